The molecule has 4 rings (SSSR count). The predicted octanol–water partition coefficient (Wildman–Crippen LogP) is 3.02. The number of piperidine rings is 1. The Kier molecular flexibility index (Phi) is 6.76. The van der Waals surface area contributed by atoms with Gasteiger partial charge < -0.3 is 10.4 Å². The summed E-state index contributed by atoms with van der Waals surface area (Å²) in [4.78, 5) is 30.7. The van der Waals surface area contributed by atoms with Gasteiger partial charge in [-0.3, -0.25) is 19.5 Å². The van der Waals surface area contributed by atoms with Crippen LogP contribution >= 0.6 is 0 Å². The maximum atomic E-state index is 13.1. The largest absolute Gasteiger partial charge is 0.508 e. The SMILES string of the molecule is CC(=O)Nc1cc(C)c(/C=C/S(=O)(=O)N2CCC3(CC2)N=C(c2cccc(O)c2)N(C)C3=O)c(C)c1. The zero-order valence-electron chi connectivity index (χ0n) is 20.8. The van der Waals surface area contributed by atoms with Crippen LogP contribution in [0, 0.1) is 13.8 Å². The maximum absolute atomic E-state index is 13.1. The van der Waals surface area contributed by atoms with E-state index in [-0.39, 0.29) is 43.5 Å². The zero-order chi connectivity index (χ0) is 26.3. The molecule has 190 valence electrons. The summed E-state index contributed by atoms with van der Waals surface area (Å²) in [6.45, 7) is 5.49. The molecule has 2 aliphatic heterocycles. The van der Waals surface area contributed by atoms with Crippen molar-refractivity contribution < 1.29 is 23.1 Å². The van der Waals surface area contributed by atoms with Crippen molar-refractivity contribution in [2.45, 2.75) is 39.2 Å². The lowest BCUT2D eigenvalue weighted by atomic mass is 9.89. The van der Waals surface area contributed by atoms with Gasteiger partial charge in [-0.1, -0.05) is 12.1 Å². The number of likely N-dealkylation sites (N-methyl/N-ethyl adjacent to an activating group) is 1. The van der Waals surface area contributed by atoms with Crippen LogP contribution in [0.15, 0.2) is 46.8 Å². The fourth-order valence-electron chi connectivity index (χ4n) is 4.83. The van der Waals surface area contributed by atoms with Gasteiger partial charge >= 0.3 is 0 Å². The van der Waals surface area contributed by atoms with Crippen LogP contribution in [0.4, 0.5) is 5.69 Å². The molecule has 1 fully saturated rings. The number of aryl methyl sites for hydroxylation is 2. The van der Waals surface area contributed by atoms with Crippen LogP contribution in [-0.4, -0.2) is 66.1 Å². The molecule has 2 aromatic rings. The number of anilines is 1. The van der Waals surface area contributed by atoms with Crippen molar-refractivity contribution in [1.82, 2.24) is 9.21 Å². The third kappa shape index (κ3) is 4.91. The van der Waals surface area contributed by atoms with Crippen LogP contribution in [0.25, 0.3) is 6.08 Å². The van der Waals surface area contributed by atoms with E-state index in [1.165, 1.54) is 21.5 Å². The minimum atomic E-state index is -3.72. The molecular formula is C26H30N4O5S. The van der Waals surface area contributed by atoms with Crippen molar-refractivity contribution in [2.24, 2.45) is 4.99 Å². The van der Waals surface area contributed by atoms with E-state index in [1.807, 2.05) is 13.8 Å². The number of amides is 2. The Morgan fingerprint density at radius 3 is 2.36 bits per heavy atom. The smallest absolute Gasteiger partial charge is 0.255 e. The second-order valence-electron chi connectivity index (χ2n) is 9.33. The van der Waals surface area contributed by atoms with Gasteiger partial charge in [0.2, 0.25) is 15.9 Å². The van der Waals surface area contributed by atoms with E-state index in [0.717, 1.165) is 16.7 Å². The number of amidine groups is 1. The number of sulfonamides is 1. The molecule has 36 heavy (non-hydrogen) atoms. The molecule has 2 aliphatic rings. The molecule has 0 aliphatic carbocycles. The topological polar surface area (TPSA) is 119 Å². The number of benzene rings is 2. The summed E-state index contributed by atoms with van der Waals surface area (Å²) in [5.74, 6) is 0.215. The highest BCUT2D eigenvalue weighted by atomic mass is 32.2. The van der Waals surface area contributed by atoms with Crippen molar-refractivity contribution in [3.63, 3.8) is 0 Å². The molecule has 2 amide bonds. The van der Waals surface area contributed by atoms with Crippen molar-refractivity contribution >= 4 is 39.4 Å². The van der Waals surface area contributed by atoms with Gasteiger partial charge in [0.1, 0.15) is 17.1 Å². The van der Waals surface area contributed by atoms with E-state index in [4.69, 9.17) is 4.99 Å². The van der Waals surface area contributed by atoms with Crippen LogP contribution in [-0.2, 0) is 19.6 Å². The van der Waals surface area contributed by atoms with Crippen LogP contribution in [0.5, 0.6) is 5.75 Å². The molecule has 9 nitrogen and oxygen atoms in total. The van der Waals surface area contributed by atoms with Gasteiger partial charge in [-0.2, -0.15) is 4.31 Å². The van der Waals surface area contributed by atoms with Crippen LogP contribution in [0.1, 0.15) is 42.0 Å². The molecule has 2 heterocycles. The fraction of sp³-hybridized carbons (Fsp3) is 0.346. The molecule has 2 N–H and O–H groups in total. The van der Waals surface area contributed by atoms with E-state index >= 15 is 0 Å². The first-order valence-corrected chi connectivity index (χ1v) is 13.2. The summed E-state index contributed by atoms with van der Waals surface area (Å²) in [5, 5.41) is 13.7. The van der Waals surface area contributed by atoms with Crippen LogP contribution in [0.3, 0.4) is 0 Å². The maximum Gasteiger partial charge on any atom is 0.255 e. The zero-order valence-corrected chi connectivity index (χ0v) is 21.6. The number of carbonyl (C=O) groups is 2. The number of phenolic OH excluding ortho intramolecular Hbond substituents is 1. The first-order valence-electron chi connectivity index (χ1n) is 11.7. The molecule has 1 spiro atoms. The summed E-state index contributed by atoms with van der Waals surface area (Å²) in [6, 6.07) is 10.2. The third-order valence-corrected chi connectivity index (χ3v) is 8.24. The normalized spacial score (nSPS) is 18.2. The molecule has 0 unspecified atom stereocenters. The number of hydrogen-bond donors (Lipinski definition) is 2. The lowest BCUT2D eigenvalue weighted by molar-refractivity contribution is -0.131. The van der Waals surface area contributed by atoms with Crippen molar-refractivity contribution in [2.75, 3.05) is 25.5 Å². The monoisotopic (exact) mass is 510 g/mol. The third-order valence-electron chi connectivity index (χ3n) is 6.67. The van der Waals surface area contributed by atoms with Gasteiger partial charge in [-0.25, -0.2) is 8.42 Å². The first-order chi connectivity index (χ1) is 16.9. The predicted molar refractivity (Wildman–Crippen MR) is 139 cm³/mol. The molecule has 0 aromatic heterocycles. The van der Waals surface area contributed by atoms with Crippen LogP contribution < -0.4 is 5.32 Å². The number of hydrogen-bond acceptors (Lipinski definition) is 6. The number of aliphatic imine (C=N–C) groups is 1. The van der Waals surface area contributed by atoms with E-state index in [0.29, 0.717) is 17.1 Å². The summed E-state index contributed by atoms with van der Waals surface area (Å²) in [5.41, 5.74) is 2.76. The number of nitrogens with one attached hydrogen (secondary N) is 1. The first kappa shape index (κ1) is 25.6. The van der Waals surface area contributed by atoms with Crippen molar-refractivity contribution in [1.29, 1.82) is 0 Å². The average molecular weight is 511 g/mol. The quantitative estimate of drug-likeness (QED) is 0.641. The second kappa shape index (κ2) is 9.51. The Bertz CT molecular complexity index is 1370. The Labute approximate surface area is 211 Å². The van der Waals surface area contributed by atoms with Gasteiger partial charge in [0.05, 0.1) is 0 Å². The number of rotatable bonds is 5. The summed E-state index contributed by atoms with van der Waals surface area (Å²) in [6.07, 6.45) is 2.12. The molecule has 0 radical (unpaired) electrons. The highest BCUT2D eigenvalue weighted by Gasteiger charge is 2.49. The van der Waals surface area contributed by atoms with Gasteiger partial charge in [0.15, 0.2) is 0 Å². The lowest BCUT2D eigenvalue weighted by Crippen LogP contribution is -2.50. The molecule has 0 atom stereocenters. The van der Waals surface area contributed by atoms with E-state index in [9.17, 15) is 23.1 Å². The standard InChI is InChI=1S/C26H30N4O5S/c1-17-14-21(27-19(3)31)15-18(2)23(17)8-13-36(34,35)30-11-9-26(10-12-30)25(33)29(4)24(28-26)20-6-5-7-22(32)16-20/h5-8,13-16,32H,9-12H2,1-4H3,(H,27,31)/b13-8+. The second-order valence-corrected chi connectivity index (χ2v) is 11.2. The number of phenols is 1. The summed E-state index contributed by atoms with van der Waals surface area (Å²) in [7, 11) is -2.07. The minimum Gasteiger partial charge on any atom is -0.508 e. The number of carbonyl (C=O) groups excluding carboxylic acids is 2. The van der Waals surface area contributed by atoms with Gasteiger partial charge in [-0.15, -0.1) is 0 Å². The Hall–Kier alpha value is -3.50. The Morgan fingerprint density at radius 2 is 1.78 bits per heavy atom. The fourth-order valence-corrected chi connectivity index (χ4v) is 6.00. The summed E-state index contributed by atoms with van der Waals surface area (Å²) < 4.78 is 27.6. The van der Waals surface area contributed by atoms with Crippen LogP contribution in [0.2, 0.25) is 0 Å². The molecular weight excluding hydrogens is 480 g/mol. The molecule has 0 bridgehead atoms. The Morgan fingerprint density at radius 1 is 1.14 bits per heavy atom. The van der Waals surface area contributed by atoms with E-state index < -0.39 is 15.6 Å². The van der Waals surface area contributed by atoms with Crippen molar-refractivity contribution in [3.05, 3.63) is 64.1 Å². The molecule has 1 saturated heterocycles. The van der Waals surface area contributed by atoms with Crippen molar-refractivity contribution in [3.8, 4) is 5.75 Å². The van der Waals surface area contributed by atoms with Gasteiger partial charge in [0, 0.05) is 43.7 Å². The highest BCUT2D eigenvalue weighted by Crippen LogP contribution is 2.36. The molecule has 0 saturated carbocycles. The number of nitrogens with zero attached hydrogens (tertiary/aromatic N) is 3. The molecule has 10 heteroatoms. The highest BCUT2D eigenvalue weighted by molar-refractivity contribution is 7.92. The average Bonchev–Trinajstić information content (AvgIpc) is 3.03. The Balaban J connectivity index is 1.50. The minimum absolute atomic E-state index is 0.0833. The summed E-state index contributed by atoms with van der Waals surface area (Å²) >= 11 is 0. The van der Waals surface area contributed by atoms with E-state index in [2.05, 4.69) is 5.32 Å². The number of aromatic hydroxyl groups is 1. The molecule has 2 aromatic carbocycles. The van der Waals surface area contributed by atoms with E-state index in [1.54, 1.807) is 49.5 Å². The van der Waals surface area contributed by atoms with Gasteiger partial charge in [-0.05, 0) is 73.7 Å². The lowest BCUT2D eigenvalue weighted by Gasteiger charge is -2.34. The van der Waals surface area contributed by atoms with Gasteiger partial charge in [0.25, 0.3) is 5.91 Å².